The summed E-state index contributed by atoms with van der Waals surface area (Å²) in [6.07, 6.45) is 0. The Labute approximate surface area is 79.3 Å². The number of ether oxygens (including phenoxy) is 1. The Kier molecular flexibility index (Phi) is 2.89. The molecule has 64 valence electrons. The second-order valence-electron chi connectivity index (χ2n) is 1.96. The van der Waals surface area contributed by atoms with Crippen LogP contribution in [0.15, 0.2) is 12.1 Å². The van der Waals surface area contributed by atoms with Crippen LogP contribution in [0.2, 0.25) is 5.02 Å². The Bertz CT molecular complexity index is 314. The zero-order valence-corrected chi connectivity index (χ0v) is 7.69. The monoisotopic (exact) mass is 205 g/mol. The summed E-state index contributed by atoms with van der Waals surface area (Å²) in [5.74, 6) is 0.309. The van der Waals surface area contributed by atoms with Crippen LogP contribution in [-0.4, -0.2) is 17.3 Å². The fourth-order valence-electron chi connectivity index (χ4n) is 0.676. The first-order chi connectivity index (χ1) is 5.65. The minimum Gasteiger partial charge on any atom is -0.481 e. The Morgan fingerprint density at radius 3 is 2.75 bits per heavy atom. The first-order valence-electron chi connectivity index (χ1n) is 3.05. The van der Waals surface area contributed by atoms with E-state index in [1.165, 1.54) is 13.2 Å². The molecule has 1 heterocycles. The zero-order chi connectivity index (χ0) is 9.14. The Hall–Kier alpha value is -0.800. The van der Waals surface area contributed by atoms with Crippen molar-refractivity contribution in [2.24, 2.45) is 0 Å². The van der Waals surface area contributed by atoms with E-state index in [1.807, 2.05) is 0 Å². The van der Waals surface area contributed by atoms with Gasteiger partial charge in [-0.25, -0.2) is 4.98 Å². The van der Waals surface area contributed by atoms with E-state index in [0.717, 1.165) is 0 Å². The Morgan fingerprint density at radius 1 is 1.58 bits per heavy atom. The average Bonchev–Trinajstić information content (AvgIpc) is 2.05. The van der Waals surface area contributed by atoms with Gasteiger partial charge in [0.2, 0.25) is 5.88 Å². The maximum atomic E-state index is 10.7. The summed E-state index contributed by atoms with van der Waals surface area (Å²) >= 11 is 10.8. The Morgan fingerprint density at radius 2 is 2.25 bits per heavy atom. The van der Waals surface area contributed by atoms with E-state index in [1.54, 1.807) is 6.07 Å². The first kappa shape index (κ1) is 9.29. The number of aromatic nitrogens is 1. The van der Waals surface area contributed by atoms with Crippen molar-refractivity contribution in [3.05, 3.63) is 22.8 Å². The van der Waals surface area contributed by atoms with Gasteiger partial charge in [-0.15, -0.1) is 0 Å². The molecule has 0 saturated heterocycles. The SMILES string of the molecule is COc1ccc(Cl)c(C(=O)Cl)n1. The van der Waals surface area contributed by atoms with Crippen LogP contribution in [-0.2, 0) is 0 Å². The molecule has 0 N–H and O–H groups in total. The third kappa shape index (κ3) is 1.87. The van der Waals surface area contributed by atoms with Gasteiger partial charge in [-0.05, 0) is 17.7 Å². The van der Waals surface area contributed by atoms with Gasteiger partial charge < -0.3 is 4.74 Å². The van der Waals surface area contributed by atoms with Crippen molar-refractivity contribution in [1.29, 1.82) is 0 Å². The largest absolute Gasteiger partial charge is 0.481 e. The predicted octanol–water partition coefficient (Wildman–Crippen LogP) is 2.12. The Balaban J connectivity index is 3.17. The molecule has 0 aliphatic rings. The van der Waals surface area contributed by atoms with Gasteiger partial charge >= 0.3 is 0 Å². The van der Waals surface area contributed by atoms with Crippen LogP contribution in [0, 0.1) is 0 Å². The molecule has 12 heavy (non-hydrogen) atoms. The van der Waals surface area contributed by atoms with Crippen LogP contribution in [0.4, 0.5) is 0 Å². The number of rotatable bonds is 2. The van der Waals surface area contributed by atoms with Crippen LogP contribution in [0.1, 0.15) is 10.5 Å². The summed E-state index contributed by atoms with van der Waals surface area (Å²) in [6.45, 7) is 0. The number of hydrogen-bond donors (Lipinski definition) is 0. The van der Waals surface area contributed by atoms with Gasteiger partial charge in [0.25, 0.3) is 5.24 Å². The van der Waals surface area contributed by atoms with E-state index in [9.17, 15) is 4.79 Å². The smallest absolute Gasteiger partial charge is 0.272 e. The topological polar surface area (TPSA) is 39.2 Å². The molecule has 3 nitrogen and oxygen atoms in total. The molecule has 0 amide bonds. The molecule has 0 spiro atoms. The fraction of sp³-hybridized carbons (Fsp3) is 0.143. The lowest BCUT2D eigenvalue weighted by Gasteiger charge is -2.00. The van der Waals surface area contributed by atoms with Crippen molar-refractivity contribution in [1.82, 2.24) is 4.98 Å². The summed E-state index contributed by atoms with van der Waals surface area (Å²) in [6, 6.07) is 3.05. The number of carbonyl (C=O) groups is 1. The normalized spacial score (nSPS) is 9.58. The maximum absolute atomic E-state index is 10.7. The van der Waals surface area contributed by atoms with Gasteiger partial charge in [-0.2, -0.15) is 0 Å². The average molecular weight is 206 g/mol. The molecular formula is C7H5Cl2NO2. The molecule has 0 bridgehead atoms. The fourth-order valence-corrected chi connectivity index (χ4v) is 1.06. The molecule has 5 heteroatoms. The van der Waals surface area contributed by atoms with Crippen molar-refractivity contribution in [3.63, 3.8) is 0 Å². The number of methoxy groups -OCH3 is 1. The molecule has 0 aliphatic heterocycles. The molecule has 0 saturated carbocycles. The molecule has 0 aliphatic carbocycles. The van der Waals surface area contributed by atoms with Crippen LogP contribution in [0.25, 0.3) is 0 Å². The lowest BCUT2D eigenvalue weighted by Crippen LogP contribution is -1.97. The van der Waals surface area contributed by atoms with E-state index in [0.29, 0.717) is 5.88 Å². The van der Waals surface area contributed by atoms with Crippen molar-refractivity contribution >= 4 is 28.4 Å². The number of halogens is 2. The van der Waals surface area contributed by atoms with E-state index < -0.39 is 5.24 Å². The number of pyridine rings is 1. The summed E-state index contributed by atoms with van der Waals surface area (Å²) in [7, 11) is 1.44. The van der Waals surface area contributed by atoms with Gasteiger partial charge in [0, 0.05) is 6.07 Å². The van der Waals surface area contributed by atoms with Crippen molar-refractivity contribution < 1.29 is 9.53 Å². The van der Waals surface area contributed by atoms with Crippen LogP contribution in [0.5, 0.6) is 5.88 Å². The molecule has 1 aromatic heterocycles. The van der Waals surface area contributed by atoms with Gasteiger partial charge in [-0.1, -0.05) is 11.6 Å². The van der Waals surface area contributed by atoms with Gasteiger partial charge in [0.1, 0.15) is 5.69 Å². The number of carbonyl (C=O) groups excluding carboxylic acids is 1. The van der Waals surface area contributed by atoms with Crippen LogP contribution >= 0.6 is 23.2 Å². The van der Waals surface area contributed by atoms with Gasteiger partial charge in [0.05, 0.1) is 12.1 Å². The highest BCUT2D eigenvalue weighted by Gasteiger charge is 2.10. The molecule has 0 fully saturated rings. The summed E-state index contributed by atoms with van der Waals surface area (Å²) in [5.41, 5.74) is 0.0117. The van der Waals surface area contributed by atoms with E-state index >= 15 is 0 Å². The predicted molar refractivity (Wildman–Crippen MR) is 46.0 cm³/mol. The lowest BCUT2D eigenvalue weighted by molar-refractivity contribution is 0.107. The maximum Gasteiger partial charge on any atom is 0.272 e. The lowest BCUT2D eigenvalue weighted by atomic mass is 10.4. The molecule has 0 unspecified atom stereocenters. The van der Waals surface area contributed by atoms with Crippen LogP contribution < -0.4 is 4.74 Å². The van der Waals surface area contributed by atoms with E-state index in [-0.39, 0.29) is 10.7 Å². The number of hydrogen-bond acceptors (Lipinski definition) is 3. The molecule has 0 radical (unpaired) electrons. The highest BCUT2D eigenvalue weighted by molar-refractivity contribution is 6.68. The highest BCUT2D eigenvalue weighted by Crippen LogP contribution is 2.18. The van der Waals surface area contributed by atoms with Crippen molar-refractivity contribution in [2.75, 3.05) is 7.11 Å². The first-order valence-corrected chi connectivity index (χ1v) is 3.81. The third-order valence-electron chi connectivity index (χ3n) is 1.22. The molecule has 0 atom stereocenters. The molecular weight excluding hydrogens is 201 g/mol. The summed E-state index contributed by atoms with van der Waals surface area (Å²) in [5, 5.41) is -0.477. The molecule has 0 aromatic carbocycles. The van der Waals surface area contributed by atoms with E-state index in [4.69, 9.17) is 27.9 Å². The molecule has 1 aromatic rings. The van der Waals surface area contributed by atoms with Gasteiger partial charge in [-0.3, -0.25) is 4.79 Å². The second-order valence-corrected chi connectivity index (χ2v) is 2.71. The van der Waals surface area contributed by atoms with Crippen molar-refractivity contribution in [3.8, 4) is 5.88 Å². The van der Waals surface area contributed by atoms with Crippen LogP contribution in [0.3, 0.4) is 0 Å². The quantitative estimate of drug-likeness (QED) is 0.695. The zero-order valence-electron chi connectivity index (χ0n) is 6.17. The standard InChI is InChI=1S/C7H5Cl2NO2/c1-12-5-3-2-4(8)6(10-5)7(9)11/h2-3H,1H3. The summed E-state index contributed by atoms with van der Waals surface area (Å²) < 4.78 is 4.78. The number of nitrogens with zero attached hydrogens (tertiary/aromatic N) is 1. The minimum atomic E-state index is -0.695. The summed E-state index contributed by atoms with van der Waals surface area (Å²) in [4.78, 5) is 14.5. The second kappa shape index (κ2) is 3.74. The van der Waals surface area contributed by atoms with E-state index in [2.05, 4.69) is 4.98 Å². The van der Waals surface area contributed by atoms with Gasteiger partial charge in [0.15, 0.2) is 0 Å². The minimum absolute atomic E-state index is 0.0117. The third-order valence-corrected chi connectivity index (χ3v) is 1.70. The highest BCUT2D eigenvalue weighted by atomic mass is 35.5. The molecule has 1 rings (SSSR count). The van der Waals surface area contributed by atoms with Crippen molar-refractivity contribution in [2.45, 2.75) is 0 Å².